The lowest BCUT2D eigenvalue weighted by Gasteiger charge is -2.23. The molecule has 1 N–H and O–H groups in total. The molecule has 0 radical (unpaired) electrons. The lowest BCUT2D eigenvalue weighted by molar-refractivity contribution is -0.115. The highest BCUT2D eigenvalue weighted by atomic mass is 16.1. The molecule has 3 rings (SSSR count). The first-order chi connectivity index (χ1) is 11.8. The van der Waals surface area contributed by atoms with Crippen LogP contribution in [0.1, 0.15) is 37.6 Å². The van der Waals surface area contributed by atoms with Gasteiger partial charge in [-0.1, -0.05) is 57.2 Å². The van der Waals surface area contributed by atoms with Crippen molar-refractivity contribution in [1.29, 1.82) is 0 Å². The van der Waals surface area contributed by atoms with Crippen molar-refractivity contribution in [3.63, 3.8) is 0 Å². The molecule has 3 aromatic rings. The Morgan fingerprint density at radius 1 is 1.04 bits per heavy atom. The van der Waals surface area contributed by atoms with Gasteiger partial charge in [-0.15, -0.1) is 0 Å². The van der Waals surface area contributed by atoms with E-state index in [1.165, 1.54) is 0 Å². The van der Waals surface area contributed by atoms with Gasteiger partial charge in [-0.25, -0.2) is 0 Å². The predicted octanol–water partition coefficient (Wildman–Crippen LogP) is 4.97. The van der Waals surface area contributed by atoms with Crippen molar-refractivity contribution in [1.82, 2.24) is 4.57 Å². The number of amides is 1. The molecule has 0 spiro atoms. The normalized spacial score (nSPS) is 11.7. The number of aromatic nitrogens is 1. The van der Waals surface area contributed by atoms with Crippen LogP contribution in [0.2, 0.25) is 0 Å². The summed E-state index contributed by atoms with van der Waals surface area (Å²) in [6.45, 7) is 8.55. The summed E-state index contributed by atoms with van der Waals surface area (Å²) in [5.41, 5.74) is 5.44. The van der Waals surface area contributed by atoms with Gasteiger partial charge in [0.1, 0.15) is 0 Å². The van der Waals surface area contributed by atoms with Crippen LogP contribution in [-0.4, -0.2) is 10.5 Å². The minimum Gasteiger partial charge on any atom is -0.348 e. The molecule has 0 fully saturated rings. The molecular formula is C22H26N2O. The molecule has 0 aliphatic carbocycles. The van der Waals surface area contributed by atoms with Crippen LogP contribution in [0.5, 0.6) is 0 Å². The smallest absolute Gasteiger partial charge is 0.228 e. The summed E-state index contributed by atoms with van der Waals surface area (Å²) in [6.07, 6.45) is 0.381. The maximum Gasteiger partial charge on any atom is 0.228 e. The third-order valence-electron chi connectivity index (χ3n) is 4.88. The summed E-state index contributed by atoms with van der Waals surface area (Å²) < 4.78 is 2.15. The van der Waals surface area contributed by atoms with Gasteiger partial charge in [-0.05, 0) is 35.6 Å². The summed E-state index contributed by atoms with van der Waals surface area (Å²) >= 11 is 0. The highest BCUT2D eigenvalue weighted by Crippen LogP contribution is 2.30. The van der Waals surface area contributed by atoms with E-state index in [-0.39, 0.29) is 11.3 Å². The lowest BCUT2D eigenvalue weighted by Crippen LogP contribution is -2.20. The molecule has 25 heavy (non-hydrogen) atoms. The number of hydrogen-bond acceptors (Lipinski definition) is 1. The first-order valence-corrected chi connectivity index (χ1v) is 8.71. The molecule has 0 aliphatic heterocycles. The van der Waals surface area contributed by atoms with Gasteiger partial charge in [0.15, 0.2) is 0 Å². The van der Waals surface area contributed by atoms with Crippen LogP contribution < -0.4 is 5.32 Å². The van der Waals surface area contributed by atoms with E-state index >= 15 is 0 Å². The van der Waals surface area contributed by atoms with E-state index in [2.05, 4.69) is 55.8 Å². The van der Waals surface area contributed by atoms with Crippen LogP contribution in [0.3, 0.4) is 0 Å². The summed E-state index contributed by atoms with van der Waals surface area (Å²) in [6, 6.07) is 16.3. The molecule has 1 heterocycles. The van der Waals surface area contributed by atoms with Gasteiger partial charge >= 0.3 is 0 Å². The van der Waals surface area contributed by atoms with Crippen LogP contribution in [0.4, 0.5) is 5.69 Å². The molecule has 1 aromatic heterocycles. The van der Waals surface area contributed by atoms with Gasteiger partial charge in [0.05, 0.1) is 6.42 Å². The second-order valence-electron chi connectivity index (χ2n) is 7.66. The fourth-order valence-electron chi connectivity index (χ4n) is 3.42. The molecule has 0 unspecified atom stereocenters. The van der Waals surface area contributed by atoms with Gasteiger partial charge in [0.25, 0.3) is 0 Å². The Morgan fingerprint density at radius 3 is 2.40 bits per heavy atom. The van der Waals surface area contributed by atoms with Crippen LogP contribution in [0, 0.1) is 6.92 Å². The molecule has 0 saturated heterocycles. The van der Waals surface area contributed by atoms with Crippen molar-refractivity contribution < 1.29 is 4.79 Å². The predicted molar refractivity (Wildman–Crippen MR) is 105 cm³/mol. The molecule has 2 aromatic carbocycles. The Kier molecular flexibility index (Phi) is 4.42. The number of carbonyl (C=O) groups is 1. The Morgan fingerprint density at radius 2 is 1.68 bits per heavy atom. The maximum absolute atomic E-state index is 12.7. The number of nitrogens with one attached hydrogen (secondary N) is 1. The molecule has 0 bridgehead atoms. The second-order valence-corrected chi connectivity index (χ2v) is 7.66. The number of aryl methyl sites for hydroxylation is 1. The zero-order chi connectivity index (χ0) is 18.2. The molecule has 130 valence electrons. The first-order valence-electron chi connectivity index (χ1n) is 8.71. The molecule has 3 heteroatoms. The zero-order valence-electron chi connectivity index (χ0n) is 15.7. The Labute approximate surface area is 149 Å². The summed E-state index contributed by atoms with van der Waals surface area (Å²) in [4.78, 5) is 12.7. The average Bonchev–Trinajstić information content (AvgIpc) is 2.80. The molecular weight excluding hydrogens is 308 g/mol. The minimum absolute atomic E-state index is 0.0146. The van der Waals surface area contributed by atoms with Crippen molar-refractivity contribution >= 4 is 22.5 Å². The van der Waals surface area contributed by atoms with E-state index in [4.69, 9.17) is 0 Å². The number of para-hydroxylation sites is 2. The standard InChI is InChI=1S/C22H26N2O/c1-15-17(16-10-6-9-13-20(16)24(15)5)14-21(25)23-19-12-8-7-11-18(19)22(2,3)4/h6-13H,14H2,1-5H3,(H,23,25). The van der Waals surface area contributed by atoms with E-state index in [1.54, 1.807) is 0 Å². The van der Waals surface area contributed by atoms with Crippen molar-refractivity contribution in [3.05, 3.63) is 65.4 Å². The van der Waals surface area contributed by atoms with Gasteiger partial charge < -0.3 is 9.88 Å². The zero-order valence-corrected chi connectivity index (χ0v) is 15.7. The SMILES string of the molecule is Cc1c(CC(=O)Nc2ccccc2C(C)(C)C)c2ccccc2n1C. The van der Waals surface area contributed by atoms with Gasteiger partial charge in [-0.2, -0.15) is 0 Å². The third kappa shape index (κ3) is 3.32. The number of hydrogen-bond donors (Lipinski definition) is 1. The van der Waals surface area contributed by atoms with Crippen molar-refractivity contribution in [2.45, 2.75) is 39.5 Å². The molecule has 3 nitrogen and oxygen atoms in total. The molecule has 0 aliphatic rings. The number of fused-ring (bicyclic) bond motifs is 1. The van der Waals surface area contributed by atoms with E-state index in [1.807, 2.05) is 37.4 Å². The average molecular weight is 334 g/mol. The molecule has 0 saturated carbocycles. The summed E-state index contributed by atoms with van der Waals surface area (Å²) in [7, 11) is 2.05. The molecule has 1 amide bonds. The largest absolute Gasteiger partial charge is 0.348 e. The Balaban J connectivity index is 1.89. The van der Waals surface area contributed by atoms with E-state index in [0.29, 0.717) is 6.42 Å². The van der Waals surface area contributed by atoms with Crippen LogP contribution >= 0.6 is 0 Å². The van der Waals surface area contributed by atoms with Gasteiger partial charge in [0, 0.05) is 29.3 Å². The topological polar surface area (TPSA) is 34.0 Å². The second kappa shape index (κ2) is 6.40. The Bertz CT molecular complexity index is 929. The number of anilines is 1. The number of nitrogens with zero attached hydrogens (tertiary/aromatic N) is 1. The Hall–Kier alpha value is -2.55. The fraction of sp³-hybridized carbons (Fsp3) is 0.318. The van der Waals surface area contributed by atoms with Gasteiger partial charge in [0.2, 0.25) is 5.91 Å². The van der Waals surface area contributed by atoms with Crippen LogP contribution in [-0.2, 0) is 23.7 Å². The third-order valence-corrected chi connectivity index (χ3v) is 4.88. The summed E-state index contributed by atoms with van der Waals surface area (Å²) in [5, 5.41) is 4.27. The monoisotopic (exact) mass is 334 g/mol. The molecule has 0 atom stereocenters. The van der Waals surface area contributed by atoms with Crippen molar-refractivity contribution in [2.24, 2.45) is 7.05 Å². The van der Waals surface area contributed by atoms with E-state index in [9.17, 15) is 4.79 Å². The highest BCUT2D eigenvalue weighted by Gasteiger charge is 2.20. The number of benzene rings is 2. The van der Waals surface area contributed by atoms with Crippen molar-refractivity contribution in [3.8, 4) is 0 Å². The fourth-order valence-corrected chi connectivity index (χ4v) is 3.42. The van der Waals surface area contributed by atoms with Crippen LogP contribution in [0.25, 0.3) is 10.9 Å². The van der Waals surface area contributed by atoms with Crippen molar-refractivity contribution in [2.75, 3.05) is 5.32 Å². The first kappa shape index (κ1) is 17.3. The summed E-state index contributed by atoms with van der Waals surface area (Å²) in [5.74, 6) is 0.0242. The quantitative estimate of drug-likeness (QED) is 0.721. The highest BCUT2D eigenvalue weighted by molar-refractivity contribution is 5.97. The van der Waals surface area contributed by atoms with E-state index in [0.717, 1.165) is 33.4 Å². The minimum atomic E-state index is -0.0146. The lowest BCUT2D eigenvalue weighted by atomic mass is 9.86. The van der Waals surface area contributed by atoms with Crippen LogP contribution in [0.15, 0.2) is 48.5 Å². The number of rotatable bonds is 3. The maximum atomic E-state index is 12.7. The number of carbonyl (C=O) groups excluding carboxylic acids is 1. The van der Waals surface area contributed by atoms with E-state index < -0.39 is 0 Å². The van der Waals surface area contributed by atoms with Gasteiger partial charge in [-0.3, -0.25) is 4.79 Å².